The lowest BCUT2D eigenvalue weighted by atomic mass is 9.96. The SMILES string of the molecule is Cc1cccc(C)c1C(Nc1ccccc1)C(=O)O. The predicted octanol–water partition coefficient (Wildman–Crippen LogP) is 3.54. The Labute approximate surface area is 112 Å². The number of carboxylic acids is 1. The van der Waals surface area contributed by atoms with E-state index in [1.807, 2.05) is 62.4 Å². The van der Waals surface area contributed by atoms with Crippen LogP contribution in [0.25, 0.3) is 0 Å². The van der Waals surface area contributed by atoms with Gasteiger partial charge in [-0.15, -0.1) is 0 Å². The molecule has 19 heavy (non-hydrogen) atoms. The van der Waals surface area contributed by atoms with Gasteiger partial charge >= 0.3 is 5.97 Å². The van der Waals surface area contributed by atoms with Crippen molar-refractivity contribution in [3.8, 4) is 0 Å². The smallest absolute Gasteiger partial charge is 0.330 e. The van der Waals surface area contributed by atoms with E-state index in [1.54, 1.807) is 0 Å². The van der Waals surface area contributed by atoms with Gasteiger partial charge in [-0.1, -0.05) is 36.4 Å². The summed E-state index contributed by atoms with van der Waals surface area (Å²) < 4.78 is 0. The standard InChI is InChI=1S/C16H17NO2/c1-11-7-6-8-12(2)14(11)15(16(18)19)17-13-9-4-3-5-10-13/h3-10,15,17H,1-2H3,(H,18,19). The molecule has 0 aliphatic rings. The normalized spacial score (nSPS) is 11.9. The number of hydrogen-bond donors (Lipinski definition) is 2. The Kier molecular flexibility index (Phi) is 3.85. The zero-order valence-corrected chi connectivity index (χ0v) is 11.1. The minimum atomic E-state index is -0.874. The van der Waals surface area contributed by atoms with Crippen LogP contribution in [0, 0.1) is 13.8 Å². The van der Waals surface area contributed by atoms with Gasteiger partial charge < -0.3 is 10.4 Å². The first kappa shape index (κ1) is 13.1. The van der Waals surface area contributed by atoms with Crippen molar-refractivity contribution in [2.45, 2.75) is 19.9 Å². The van der Waals surface area contributed by atoms with E-state index in [1.165, 1.54) is 0 Å². The molecular formula is C16H17NO2. The number of carboxylic acid groups (broad SMARTS) is 1. The highest BCUT2D eigenvalue weighted by Crippen LogP contribution is 2.25. The van der Waals surface area contributed by atoms with Crippen LogP contribution in [-0.4, -0.2) is 11.1 Å². The van der Waals surface area contributed by atoms with Crippen molar-refractivity contribution in [3.05, 3.63) is 65.2 Å². The van der Waals surface area contributed by atoms with Crippen LogP contribution < -0.4 is 5.32 Å². The van der Waals surface area contributed by atoms with E-state index in [0.717, 1.165) is 22.4 Å². The number of para-hydroxylation sites is 1. The van der Waals surface area contributed by atoms with Crippen molar-refractivity contribution in [2.75, 3.05) is 5.32 Å². The molecule has 0 saturated heterocycles. The molecule has 1 unspecified atom stereocenters. The molecule has 0 amide bonds. The summed E-state index contributed by atoms with van der Waals surface area (Å²) in [6, 6.07) is 14.5. The number of aliphatic carboxylic acids is 1. The molecule has 2 aromatic rings. The zero-order valence-electron chi connectivity index (χ0n) is 11.1. The molecular weight excluding hydrogens is 238 g/mol. The van der Waals surface area contributed by atoms with Crippen LogP contribution in [0.4, 0.5) is 5.69 Å². The van der Waals surface area contributed by atoms with Crippen molar-refractivity contribution in [2.24, 2.45) is 0 Å². The Bertz CT molecular complexity index is 558. The Morgan fingerprint density at radius 2 is 1.58 bits per heavy atom. The van der Waals surface area contributed by atoms with Crippen molar-refractivity contribution < 1.29 is 9.90 Å². The van der Waals surface area contributed by atoms with Crippen LogP contribution in [0.5, 0.6) is 0 Å². The Morgan fingerprint density at radius 3 is 2.11 bits per heavy atom. The maximum atomic E-state index is 11.5. The monoisotopic (exact) mass is 255 g/mol. The fourth-order valence-corrected chi connectivity index (χ4v) is 2.24. The van der Waals surface area contributed by atoms with Gasteiger partial charge in [0.2, 0.25) is 0 Å². The molecule has 0 saturated carbocycles. The highest BCUT2D eigenvalue weighted by molar-refractivity contribution is 5.80. The number of hydrogen-bond acceptors (Lipinski definition) is 2. The van der Waals surface area contributed by atoms with Gasteiger partial charge in [-0.3, -0.25) is 0 Å². The molecule has 2 aromatic carbocycles. The average Bonchev–Trinajstić information content (AvgIpc) is 2.38. The van der Waals surface area contributed by atoms with Crippen molar-refractivity contribution in [3.63, 3.8) is 0 Å². The Hall–Kier alpha value is -2.29. The topological polar surface area (TPSA) is 49.3 Å². The number of nitrogens with one attached hydrogen (secondary N) is 1. The molecule has 0 bridgehead atoms. The third-order valence-corrected chi connectivity index (χ3v) is 3.16. The summed E-state index contributed by atoms with van der Waals surface area (Å²) in [6.45, 7) is 3.87. The lowest BCUT2D eigenvalue weighted by Gasteiger charge is -2.20. The summed E-state index contributed by atoms with van der Waals surface area (Å²) in [4.78, 5) is 11.5. The summed E-state index contributed by atoms with van der Waals surface area (Å²) in [5.41, 5.74) is 3.60. The minimum absolute atomic E-state index is 0.733. The van der Waals surface area contributed by atoms with Gasteiger partial charge in [0.1, 0.15) is 0 Å². The van der Waals surface area contributed by atoms with E-state index < -0.39 is 12.0 Å². The molecule has 0 spiro atoms. The molecule has 0 aromatic heterocycles. The van der Waals surface area contributed by atoms with Gasteiger partial charge in [0.15, 0.2) is 6.04 Å². The van der Waals surface area contributed by atoms with Gasteiger partial charge in [0, 0.05) is 5.69 Å². The molecule has 0 radical (unpaired) electrons. The highest BCUT2D eigenvalue weighted by Gasteiger charge is 2.22. The van der Waals surface area contributed by atoms with Crippen LogP contribution in [0.2, 0.25) is 0 Å². The molecule has 3 nitrogen and oxygen atoms in total. The summed E-state index contributed by atoms with van der Waals surface area (Å²) >= 11 is 0. The Morgan fingerprint density at radius 1 is 1.00 bits per heavy atom. The summed E-state index contributed by atoms with van der Waals surface area (Å²) in [5.74, 6) is -0.874. The fourth-order valence-electron chi connectivity index (χ4n) is 2.24. The van der Waals surface area contributed by atoms with E-state index in [-0.39, 0.29) is 0 Å². The molecule has 98 valence electrons. The van der Waals surface area contributed by atoms with E-state index in [2.05, 4.69) is 5.32 Å². The van der Waals surface area contributed by atoms with Crippen LogP contribution in [0.3, 0.4) is 0 Å². The Balaban J connectivity index is 2.39. The first-order chi connectivity index (χ1) is 9.09. The third-order valence-electron chi connectivity index (χ3n) is 3.16. The van der Waals surface area contributed by atoms with E-state index >= 15 is 0 Å². The number of anilines is 1. The second kappa shape index (κ2) is 5.57. The second-order valence-electron chi connectivity index (χ2n) is 4.59. The maximum absolute atomic E-state index is 11.5. The fraction of sp³-hybridized carbons (Fsp3) is 0.188. The second-order valence-corrected chi connectivity index (χ2v) is 4.59. The maximum Gasteiger partial charge on any atom is 0.330 e. The molecule has 3 heteroatoms. The van der Waals surface area contributed by atoms with E-state index in [9.17, 15) is 9.90 Å². The van der Waals surface area contributed by atoms with Crippen LogP contribution in [0.1, 0.15) is 22.7 Å². The molecule has 0 aliphatic heterocycles. The molecule has 0 aliphatic carbocycles. The summed E-state index contributed by atoms with van der Waals surface area (Å²) in [5, 5.41) is 12.6. The number of aryl methyl sites for hydroxylation is 2. The molecule has 0 heterocycles. The van der Waals surface area contributed by atoms with Crippen molar-refractivity contribution in [1.29, 1.82) is 0 Å². The molecule has 2 N–H and O–H groups in total. The van der Waals surface area contributed by atoms with E-state index in [4.69, 9.17) is 0 Å². The van der Waals surface area contributed by atoms with Crippen molar-refractivity contribution in [1.82, 2.24) is 0 Å². The quantitative estimate of drug-likeness (QED) is 0.878. The molecule has 0 fully saturated rings. The minimum Gasteiger partial charge on any atom is -0.479 e. The average molecular weight is 255 g/mol. The lowest BCUT2D eigenvalue weighted by Crippen LogP contribution is -2.22. The van der Waals surface area contributed by atoms with Crippen LogP contribution in [0.15, 0.2) is 48.5 Å². The van der Waals surface area contributed by atoms with Gasteiger partial charge in [-0.05, 0) is 42.7 Å². The highest BCUT2D eigenvalue weighted by atomic mass is 16.4. The largest absolute Gasteiger partial charge is 0.479 e. The first-order valence-electron chi connectivity index (χ1n) is 6.20. The number of rotatable bonds is 4. The van der Waals surface area contributed by atoms with Gasteiger partial charge in [-0.25, -0.2) is 4.79 Å². The van der Waals surface area contributed by atoms with E-state index in [0.29, 0.717) is 0 Å². The number of carbonyl (C=O) groups is 1. The first-order valence-corrected chi connectivity index (χ1v) is 6.20. The molecule has 1 atom stereocenters. The van der Waals surface area contributed by atoms with Crippen molar-refractivity contribution >= 4 is 11.7 Å². The zero-order chi connectivity index (χ0) is 13.8. The summed E-state index contributed by atoms with van der Waals surface area (Å²) in [7, 11) is 0. The van der Waals surface area contributed by atoms with Gasteiger partial charge in [0.05, 0.1) is 0 Å². The number of benzene rings is 2. The predicted molar refractivity (Wildman–Crippen MR) is 76.4 cm³/mol. The third kappa shape index (κ3) is 2.94. The summed E-state index contributed by atoms with van der Waals surface area (Å²) in [6.07, 6.45) is 0. The van der Waals surface area contributed by atoms with Gasteiger partial charge in [0.25, 0.3) is 0 Å². The molecule has 2 rings (SSSR count). The lowest BCUT2D eigenvalue weighted by molar-refractivity contribution is -0.138. The van der Waals surface area contributed by atoms with Crippen LogP contribution >= 0.6 is 0 Å². The van der Waals surface area contributed by atoms with Gasteiger partial charge in [-0.2, -0.15) is 0 Å². The van der Waals surface area contributed by atoms with Crippen LogP contribution in [-0.2, 0) is 4.79 Å².